The van der Waals surface area contributed by atoms with Crippen molar-refractivity contribution in [3.05, 3.63) is 100 Å². The molecule has 3 aromatic rings. The summed E-state index contributed by atoms with van der Waals surface area (Å²) in [6.45, 7) is 1.56. The van der Waals surface area contributed by atoms with Crippen LogP contribution >= 0.6 is 0 Å². The van der Waals surface area contributed by atoms with E-state index in [0.717, 1.165) is 24.4 Å². The average Bonchev–Trinajstić information content (AvgIpc) is 2.85. The lowest BCUT2D eigenvalue weighted by Crippen LogP contribution is -2.38. The van der Waals surface area contributed by atoms with E-state index in [-0.39, 0.29) is 18.4 Å². The SMILES string of the molecule is CNC(=O)C(N[C@H](CCc1ccc(C(F)(F)F)nc1)c1ccc(F)c(C)c1)c1ccc(C(F)(F)F)cc1. The summed E-state index contributed by atoms with van der Waals surface area (Å²) >= 11 is 0. The zero-order valence-corrected chi connectivity index (χ0v) is 19.8. The van der Waals surface area contributed by atoms with Crippen molar-refractivity contribution in [2.45, 2.75) is 44.2 Å². The zero-order chi connectivity index (χ0) is 27.4. The van der Waals surface area contributed by atoms with Crippen molar-refractivity contribution in [2.24, 2.45) is 0 Å². The number of alkyl halides is 6. The van der Waals surface area contributed by atoms with Crippen molar-refractivity contribution < 1.29 is 35.5 Å². The minimum atomic E-state index is -4.57. The highest BCUT2D eigenvalue weighted by Crippen LogP contribution is 2.32. The summed E-state index contributed by atoms with van der Waals surface area (Å²) in [7, 11) is 1.38. The lowest BCUT2D eigenvalue weighted by molar-refractivity contribution is -0.141. The first-order valence-corrected chi connectivity index (χ1v) is 11.2. The number of rotatable bonds is 8. The summed E-state index contributed by atoms with van der Waals surface area (Å²) in [5, 5.41) is 5.61. The van der Waals surface area contributed by atoms with E-state index in [2.05, 4.69) is 15.6 Å². The number of nitrogens with one attached hydrogen (secondary N) is 2. The highest BCUT2D eigenvalue weighted by atomic mass is 19.4. The Morgan fingerprint density at radius 1 is 0.919 bits per heavy atom. The highest BCUT2D eigenvalue weighted by Gasteiger charge is 2.33. The number of carbonyl (C=O) groups excluding carboxylic acids is 1. The maximum Gasteiger partial charge on any atom is 0.433 e. The van der Waals surface area contributed by atoms with Crippen LogP contribution in [0, 0.1) is 12.7 Å². The van der Waals surface area contributed by atoms with Crippen LogP contribution in [-0.4, -0.2) is 17.9 Å². The Balaban J connectivity index is 1.90. The topological polar surface area (TPSA) is 54.0 Å². The first kappa shape index (κ1) is 28.1. The van der Waals surface area contributed by atoms with Crippen LogP contribution in [0.3, 0.4) is 0 Å². The fraction of sp³-hybridized carbons (Fsp3) is 0.308. The van der Waals surface area contributed by atoms with Gasteiger partial charge in [-0.15, -0.1) is 0 Å². The van der Waals surface area contributed by atoms with Crippen LogP contribution in [0.5, 0.6) is 0 Å². The summed E-state index contributed by atoms with van der Waals surface area (Å²) < 4.78 is 91.4. The van der Waals surface area contributed by atoms with Gasteiger partial charge in [0.05, 0.1) is 5.56 Å². The molecule has 37 heavy (non-hydrogen) atoms. The molecule has 0 saturated carbocycles. The molecule has 1 heterocycles. The Bertz CT molecular complexity index is 1210. The second-order valence-corrected chi connectivity index (χ2v) is 8.48. The number of benzene rings is 2. The van der Waals surface area contributed by atoms with Crippen molar-refractivity contribution in [3.8, 4) is 0 Å². The molecule has 198 valence electrons. The van der Waals surface area contributed by atoms with Crippen LogP contribution in [0.1, 0.15) is 52.0 Å². The van der Waals surface area contributed by atoms with Gasteiger partial charge in [-0.2, -0.15) is 26.3 Å². The number of pyridine rings is 1. The molecular weight excluding hydrogens is 503 g/mol. The van der Waals surface area contributed by atoms with Gasteiger partial charge in [0.15, 0.2) is 0 Å². The van der Waals surface area contributed by atoms with Gasteiger partial charge in [0.2, 0.25) is 5.91 Å². The van der Waals surface area contributed by atoms with Crippen LogP contribution in [-0.2, 0) is 23.6 Å². The van der Waals surface area contributed by atoms with E-state index in [1.54, 1.807) is 13.0 Å². The Hall–Kier alpha value is -3.47. The number of hydrogen-bond acceptors (Lipinski definition) is 3. The van der Waals surface area contributed by atoms with E-state index in [0.29, 0.717) is 16.7 Å². The molecule has 1 aromatic heterocycles. The second kappa shape index (κ2) is 11.3. The number of halogens is 7. The number of carbonyl (C=O) groups is 1. The maximum atomic E-state index is 13.9. The molecule has 2 aromatic carbocycles. The molecule has 3 rings (SSSR count). The molecule has 0 spiro atoms. The monoisotopic (exact) mass is 527 g/mol. The van der Waals surface area contributed by atoms with E-state index < -0.39 is 47.4 Å². The largest absolute Gasteiger partial charge is 0.433 e. The van der Waals surface area contributed by atoms with Gasteiger partial charge >= 0.3 is 12.4 Å². The van der Waals surface area contributed by atoms with Gasteiger partial charge in [0.1, 0.15) is 17.6 Å². The summed E-state index contributed by atoms with van der Waals surface area (Å²) in [6, 6.07) is 8.99. The van der Waals surface area contributed by atoms with Gasteiger partial charge in [0, 0.05) is 19.3 Å². The van der Waals surface area contributed by atoms with E-state index in [1.165, 1.54) is 37.4 Å². The average molecular weight is 527 g/mol. The number of aryl methyl sites for hydroxylation is 2. The lowest BCUT2D eigenvalue weighted by atomic mass is 9.95. The quantitative estimate of drug-likeness (QED) is 0.337. The second-order valence-electron chi connectivity index (χ2n) is 8.48. The van der Waals surface area contributed by atoms with Crippen molar-refractivity contribution in [2.75, 3.05) is 7.05 Å². The van der Waals surface area contributed by atoms with Gasteiger partial charge in [-0.1, -0.05) is 30.3 Å². The molecule has 0 fully saturated rings. The predicted octanol–water partition coefficient (Wildman–Crippen LogP) is 6.32. The predicted molar refractivity (Wildman–Crippen MR) is 123 cm³/mol. The van der Waals surface area contributed by atoms with E-state index in [1.807, 2.05) is 0 Å². The van der Waals surface area contributed by atoms with Crippen LogP contribution in [0.2, 0.25) is 0 Å². The van der Waals surface area contributed by atoms with Gasteiger partial charge in [-0.25, -0.2) is 4.39 Å². The van der Waals surface area contributed by atoms with Crippen LogP contribution in [0.4, 0.5) is 30.7 Å². The summed E-state index contributed by atoms with van der Waals surface area (Å²) in [6.07, 6.45) is -7.48. The molecule has 0 aliphatic heterocycles. The van der Waals surface area contributed by atoms with Gasteiger partial charge in [0.25, 0.3) is 0 Å². The molecule has 1 amide bonds. The molecule has 0 radical (unpaired) electrons. The fourth-order valence-electron chi connectivity index (χ4n) is 3.82. The minimum Gasteiger partial charge on any atom is -0.358 e. The first-order chi connectivity index (χ1) is 17.3. The van der Waals surface area contributed by atoms with Crippen molar-refractivity contribution in [3.63, 3.8) is 0 Å². The molecular formula is C26H24F7N3O. The normalized spacial score (nSPS) is 13.8. The third kappa shape index (κ3) is 7.28. The molecule has 1 unspecified atom stereocenters. The minimum absolute atomic E-state index is 0.257. The Morgan fingerprint density at radius 2 is 1.57 bits per heavy atom. The molecule has 0 bridgehead atoms. The number of hydrogen-bond donors (Lipinski definition) is 2. The standard InChI is InChI=1S/C26H24F7N3O/c1-15-13-18(7-10-20(15)27)21(11-3-16-4-12-22(35-14-16)26(31,32)33)36-23(24(37)34-2)17-5-8-19(9-6-17)25(28,29)30/h4-10,12-14,21,23,36H,3,11H2,1-2H3,(H,34,37)/t21-,23?/m1/s1. The smallest absolute Gasteiger partial charge is 0.358 e. The first-order valence-electron chi connectivity index (χ1n) is 11.2. The summed E-state index contributed by atoms with van der Waals surface area (Å²) in [5.74, 6) is -0.959. The van der Waals surface area contributed by atoms with Crippen LogP contribution in [0.15, 0.2) is 60.8 Å². The number of nitrogens with zero attached hydrogens (tertiary/aromatic N) is 1. The van der Waals surface area contributed by atoms with E-state index in [4.69, 9.17) is 0 Å². The molecule has 0 aliphatic carbocycles. The number of aromatic nitrogens is 1. The van der Waals surface area contributed by atoms with Gasteiger partial charge in [-0.3, -0.25) is 15.1 Å². The van der Waals surface area contributed by atoms with E-state index in [9.17, 15) is 35.5 Å². The van der Waals surface area contributed by atoms with Crippen molar-refractivity contribution in [1.82, 2.24) is 15.6 Å². The van der Waals surface area contributed by atoms with E-state index >= 15 is 0 Å². The molecule has 2 N–H and O–H groups in total. The van der Waals surface area contributed by atoms with Crippen molar-refractivity contribution in [1.29, 1.82) is 0 Å². The van der Waals surface area contributed by atoms with Crippen LogP contribution < -0.4 is 10.6 Å². The molecule has 2 atom stereocenters. The highest BCUT2D eigenvalue weighted by molar-refractivity contribution is 5.83. The molecule has 11 heteroatoms. The zero-order valence-electron chi connectivity index (χ0n) is 19.8. The number of likely N-dealkylation sites (N-methyl/N-ethyl adjacent to an activating group) is 1. The third-order valence-electron chi connectivity index (χ3n) is 5.87. The van der Waals surface area contributed by atoms with Gasteiger partial charge in [-0.05, 0) is 66.3 Å². The molecule has 4 nitrogen and oxygen atoms in total. The Kier molecular flexibility index (Phi) is 8.57. The summed E-state index contributed by atoms with van der Waals surface area (Å²) in [5.41, 5.74) is -0.183. The fourth-order valence-corrected chi connectivity index (χ4v) is 3.82. The van der Waals surface area contributed by atoms with Crippen LogP contribution in [0.25, 0.3) is 0 Å². The van der Waals surface area contributed by atoms with Gasteiger partial charge < -0.3 is 5.32 Å². The molecule has 0 saturated heterocycles. The Labute approximate surface area is 208 Å². The Morgan fingerprint density at radius 3 is 2.08 bits per heavy atom. The number of amides is 1. The summed E-state index contributed by atoms with van der Waals surface area (Å²) in [4.78, 5) is 16.2. The maximum absolute atomic E-state index is 13.9. The molecule has 0 aliphatic rings. The van der Waals surface area contributed by atoms with Crippen molar-refractivity contribution >= 4 is 5.91 Å². The third-order valence-corrected chi connectivity index (χ3v) is 5.87. The lowest BCUT2D eigenvalue weighted by Gasteiger charge is -2.26.